The van der Waals surface area contributed by atoms with Gasteiger partial charge in [-0.2, -0.15) is 0 Å². The lowest BCUT2D eigenvalue weighted by atomic mass is 10.1. The number of hydrogen-bond acceptors (Lipinski definition) is 5. The average Bonchev–Trinajstić information content (AvgIpc) is 3.09. The van der Waals surface area contributed by atoms with E-state index in [4.69, 9.17) is 0 Å². The van der Waals surface area contributed by atoms with Gasteiger partial charge < -0.3 is 5.32 Å². The van der Waals surface area contributed by atoms with Gasteiger partial charge >= 0.3 is 0 Å². The first-order valence-corrected chi connectivity index (χ1v) is 9.58. The minimum absolute atomic E-state index is 0.212. The van der Waals surface area contributed by atoms with Gasteiger partial charge in [0.25, 0.3) is 10.0 Å². The molecular weight excluding hydrogens is 308 g/mol. The molecule has 6 nitrogen and oxygen atoms in total. The number of nitrogens with one attached hydrogen (secondary N) is 2. The molecule has 0 bridgehead atoms. The van der Waals surface area contributed by atoms with E-state index in [2.05, 4.69) is 21.9 Å². The molecule has 1 aliphatic rings. The minimum Gasteiger partial charge on any atom is -0.368 e. The summed E-state index contributed by atoms with van der Waals surface area (Å²) in [6.45, 7) is 5.14. The van der Waals surface area contributed by atoms with Crippen LogP contribution in [0, 0.1) is 11.8 Å². The molecule has 1 unspecified atom stereocenters. The lowest BCUT2D eigenvalue weighted by Crippen LogP contribution is -2.30. The van der Waals surface area contributed by atoms with Gasteiger partial charge in [-0.05, 0) is 31.6 Å². The van der Waals surface area contributed by atoms with Crippen LogP contribution in [0.4, 0.5) is 5.82 Å². The van der Waals surface area contributed by atoms with Crippen molar-refractivity contribution in [2.75, 3.05) is 18.4 Å². The zero-order chi connectivity index (χ0) is 15.0. The molecule has 2 N–H and O–H groups in total. The highest BCUT2D eigenvalue weighted by atomic mass is 32.2. The summed E-state index contributed by atoms with van der Waals surface area (Å²) in [4.78, 5) is 5.04. The van der Waals surface area contributed by atoms with Crippen molar-refractivity contribution in [2.45, 2.75) is 31.7 Å². The maximum Gasteiger partial charge on any atom is 0.260 e. The molecule has 1 fully saturated rings. The smallest absolute Gasteiger partial charge is 0.260 e. The Balaban J connectivity index is 1.88. The van der Waals surface area contributed by atoms with Crippen LogP contribution in [0.1, 0.15) is 26.7 Å². The molecule has 2 aromatic rings. The van der Waals surface area contributed by atoms with Gasteiger partial charge in [-0.3, -0.25) is 4.40 Å². The number of thiazole rings is 1. The SMILES string of the molecule is CCNc1nc2sccn2c1S(=O)(=O)NCC(C)C1CC1. The summed E-state index contributed by atoms with van der Waals surface area (Å²) in [5, 5.41) is 5.08. The highest BCUT2D eigenvalue weighted by molar-refractivity contribution is 7.89. The Bertz CT molecular complexity index is 731. The molecule has 0 radical (unpaired) electrons. The standard InChI is InChI=1S/C13H20N4O2S2/c1-3-14-11-12(17-6-7-20-13(17)16-11)21(18,19)15-8-9(2)10-4-5-10/h6-7,9-10,14-15H,3-5,8H2,1-2H3. The summed E-state index contributed by atoms with van der Waals surface area (Å²) in [6.07, 6.45) is 4.17. The highest BCUT2D eigenvalue weighted by Crippen LogP contribution is 2.36. The molecule has 8 heteroatoms. The molecule has 116 valence electrons. The fraction of sp³-hybridized carbons (Fsp3) is 0.615. The number of sulfonamides is 1. The Labute approximate surface area is 128 Å². The van der Waals surface area contributed by atoms with Gasteiger partial charge in [0, 0.05) is 24.7 Å². The number of imidazole rings is 1. The van der Waals surface area contributed by atoms with Crippen molar-refractivity contribution in [3.8, 4) is 0 Å². The summed E-state index contributed by atoms with van der Waals surface area (Å²) >= 11 is 1.42. The van der Waals surface area contributed by atoms with Crippen LogP contribution in [0.15, 0.2) is 16.6 Å². The molecule has 0 aliphatic heterocycles. The second-order valence-corrected chi connectivity index (χ2v) is 8.07. The van der Waals surface area contributed by atoms with Gasteiger partial charge in [0.2, 0.25) is 0 Å². The molecule has 0 saturated heterocycles. The van der Waals surface area contributed by atoms with Crippen LogP contribution in [-0.2, 0) is 10.0 Å². The number of anilines is 1. The van der Waals surface area contributed by atoms with E-state index in [9.17, 15) is 8.42 Å². The van der Waals surface area contributed by atoms with Crippen molar-refractivity contribution in [3.05, 3.63) is 11.6 Å². The molecule has 1 saturated carbocycles. The third-order valence-electron chi connectivity index (χ3n) is 3.84. The number of rotatable bonds is 7. The van der Waals surface area contributed by atoms with Crippen LogP contribution in [0.2, 0.25) is 0 Å². The molecule has 21 heavy (non-hydrogen) atoms. The summed E-state index contributed by atoms with van der Waals surface area (Å²) in [5.74, 6) is 1.48. The quantitative estimate of drug-likeness (QED) is 0.816. The van der Waals surface area contributed by atoms with Crippen LogP contribution >= 0.6 is 11.3 Å². The third-order valence-corrected chi connectivity index (χ3v) is 6.04. The fourth-order valence-corrected chi connectivity index (χ4v) is 4.62. The van der Waals surface area contributed by atoms with Crippen molar-refractivity contribution in [1.29, 1.82) is 0 Å². The van der Waals surface area contributed by atoms with E-state index in [-0.39, 0.29) is 5.03 Å². The van der Waals surface area contributed by atoms with Crippen molar-refractivity contribution in [3.63, 3.8) is 0 Å². The second kappa shape index (κ2) is 5.58. The highest BCUT2D eigenvalue weighted by Gasteiger charge is 2.31. The van der Waals surface area contributed by atoms with Gasteiger partial charge in [-0.1, -0.05) is 6.92 Å². The Morgan fingerprint density at radius 1 is 1.52 bits per heavy atom. The zero-order valence-electron chi connectivity index (χ0n) is 12.2. The normalized spacial score (nSPS) is 17.2. The van der Waals surface area contributed by atoms with E-state index in [1.165, 1.54) is 24.2 Å². The summed E-state index contributed by atoms with van der Waals surface area (Å²) in [6, 6.07) is 0. The van der Waals surface area contributed by atoms with Crippen molar-refractivity contribution in [2.24, 2.45) is 11.8 Å². The lowest BCUT2D eigenvalue weighted by Gasteiger charge is -2.12. The molecule has 0 spiro atoms. The van der Waals surface area contributed by atoms with Crippen LogP contribution in [0.3, 0.4) is 0 Å². The van der Waals surface area contributed by atoms with Crippen molar-refractivity contribution < 1.29 is 8.42 Å². The molecule has 2 aromatic heterocycles. The van der Waals surface area contributed by atoms with Gasteiger partial charge in [-0.15, -0.1) is 11.3 Å². The predicted molar refractivity (Wildman–Crippen MR) is 84.3 cm³/mol. The van der Waals surface area contributed by atoms with E-state index in [1.807, 2.05) is 12.3 Å². The third kappa shape index (κ3) is 2.93. The van der Waals surface area contributed by atoms with Crippen molar-refractivity contribution >= 4 is 32.1 Å². The van der Waals surface area contributed by atoms with E-state index in [1.54, 1.807) is 10.6 Å². The van der Waals surface area contributed by atoms with Gasteiger partial charge in [-0.25, -0.2) is 18.1 Å². The Morgan fingerprint density at radius 3 is 2.95 bits per heavy atom. The van der Waals surface area contributed by atoms with E-state index in [0.717, 1.165) is 0 Å². The monoisotopic (exact) mass is 328 g/mol. The number of fused-ring (bicyclic) bond motifs is 1. The summed E-state index contributed by atoms with van der Waals surface area (Å²) in [7, 11) is -3.57. The molecular formula is C13H20N4O2S2. The fourth-order valence-electron chi connectivity index (χ4n) is 2.45. The first kappa shape index (κ1) is 14.8. The average molecular weight is 328 g/mol. The molecule has 0 amide bonds. The van der Waals surface area contributed by atoms with Crippen molar-refractivity contribution in [1.82, 2.24) is 14.1 Å². The lowest BCUT2D eigenvalue weighted by molar-refractivity contribution is 0.491. The summed E-state index contributed by atoms with van der Waals surface area (Å²) < 4.78 is 29.7. The molecule has 0 aromatic carbocycles. The summed E-state index contributed by atoms with van der Waals surface area (Å²) in [5.41, 5.74) is 0. The first-order valence-electron chi connectivity index (χ1n) is 7.22. The largest absolute Gasteiger partial charge is 0.368 e. The molecule has 1 atom stereocenters. The minimum atomic E-state index is -3.57. The van der Waals surface area contributed by atoms with Crippen LogP contribution < -0.4 is 10.0 Å². The number of hydrogen-bond donors (Lipinski definition) is 2. The van der Waals surface area contributed by atoms with Crippen LogP contribution in [0.25, 0.3) is 4.96 Å². The van der Waals surface area contributed by atoms with E-state index in [0.29, 0.717) is 35.7 Å². The van der Waals surface area contributed by atoms with Crippen LogP contribution in [-0.4, -0.2) is 30.9 Å². The van der Waals surface area contributed by atoms with Gasteiger partial charge in [0.1, 0.15) is 0 Å². The predicted octanol–water partition coefficient (Wildman–Crippen LogP) is 2.15. The van der Waals surface area contributed by atoms with Crippen LogP contribution in [0.5, 0.6) is 0 Å². The number of nitrogens with zero attached hydrogens (tertiary/aromatic N) is 2. The topological polar surface area (TPSA) is 75.5 Å². The van der Waals surface area contributed by atoms with Gasteiger partial charge in [0.15, 0.2) is 15.8 Å². The Morgan fingerprint density at radius 2 is 2.29 bits per heavy atom. The van der Waals surface area contributed by atoms with Gasteiger partial charge in [0.05, 0.1) is 0 Å². The number of aromatic nitrogens is 2. The van der Waals surface area contributed by atoms with E-state index < -0.39 is 10.0 Å². The molecule has 2 heterocycles. The Hall–Kier alpha value is -1.12. The van der Waals surface area contributed by atoms with E-state index >= 15 is 0 Å². The molecule has 3 rings (SSSR count). The molecule has 1 aliphatic carbocycles. The maximum atomic E-state index is 12.6. The zero-order valence-corrected chi connectivity index (χ0v) is 13.8. The maximum absolute atomic E-state index is 12.6. The first-order chi connectivity index (χ1) is 10.0. The Kier molecular flexibility index (Phi) is 3.94. The second-order valence-electron chi connectivity index (χ2n) is 5.52.